The molecule has 0 aliphatic carbocycles. The van der Waals surface area contributed by atoms with Gasteiger partial charge < -0.3 is 9.84 Å². The molecule has 29 heavy (non-hydrogen) atoms. The number of phenolic OH excluding ortho intramolecular Hbond substituents is 1. The molecule has 4 nitrogen and oxygen atoms in total. The predicted molar refractivity (Wildman–Crippen MR) is 116 cm³/mol. The zero-order valence-electron chi connectivity index (χ0n) is 15.8. The standard InChI is InChI=1S/C25H18N2O2/c1-29-23-15-21(26-25(27-23)20-12-6-7-13-22(20)28)24-18-10-4-2-8-16(18)14-17-9-3-5-11-19(17)24/h2-15,28H,1H3. The van der Waals surface area contributed by atoms with Crippen molar-refractivity contribution in [2.45, 2.75) is 0 Å². The van der Waals surface area contributed by atoms with Crippen molar-refractivity contribution in [1.29, 1.82) is 0 Å². The van der Waals surface area contributed by atoms with E-state index in [1.54, 1.807) is 25.3 Å². The summed E-state index contributed by atoms with van der Waals surface area (Å²) in [7, 11) is 1.59. The fourth-order valence-corrected chi connectivity index (χ4v) is 3.73. The third-order valence-corrected chi connectivity index (χ3v) is 5.08. The molecule has 4 aromatic carbocycles. The number of phenols is 1. The topological polar surface area (TPSA) is 55.2 Å². The number of hydrogen-bond donors (Lipinski definition) is 1. The van der Waals surface area contributed by atoms with Gasteiger partial charge >= 0.3 is 0 Å². The highest BCUT2D eigenvalue weighted by molar-refractivity contribution is 6.12. The fraction of sp³-hybridized carbons (Fsp3) is 0.0400. The lowest BCUT2D eigenvalue weighted by atomic mass is 9.94. The van der Waals surface area contributed by atoms with E-state index in [0.717, 1.165) is 32.8 Å². The van der Waals surface area contributed by atoms with Gasteiger partial charge in [0, 0.05) is 11.6 Å². The predicted octanol–water partition coefficient (Wildman–Crippen LogP) is 5.83. The second kappa shape index (κ2) is 6.91. The van der Waals surface area contributed by atoms with Crippen LogP contribution < -0.4 is 4.74 Å². The molecule has 0 aliphatic heterocycles. The molecule has 1 heterocycles. The number of rotatable bonds is 3. The van der Waals surface area contributed by atoms with E-state index in [0.29, 0.717) is 17.3 Å². The minimum absolute atomic E-state index is 0.134. The maximum Gasteiger partial charge on any atom is 0.217 e. The summed E-state index contributed by atoms with van der Waals surface area (Å²) in [5.41, 5.74) is 2.34. The van der Waals surface area contributed by atoms with Gasteiger partial charge in [-0.1, -0.05) is 60.7 Å². The van der Waals surface area contributed by atoms with E-state index in [2.05, 4.69) is 35.3 Å². The van der Waals surface area contributed by atoms with Gasteiger partial charge in [0.25, 0.3) is 0 Å². The number of nitrogens with zero attached hydrogens (tertiary/aromatic N) is 2. The fourth-order valence-electron chi connectivity index (χ4n) is 3.73. The maximum absolute atomic E-state index is 10.3. The molecular weight excluding hydrogens is 360 g/mol. The Kier molecular flexibility index (Phi) is 4.10. The molecule has 4 heteroatoms. The van der Waals surface area contributed by atoms with Crippen molar-refractivity contribution in [3.8, 4) is 34.3 Å². The van der Waals surface area contributed by atoms with Crippen LogP contribution in [-0.4, -0.2) is 22.2 Å². The van der Waals surface area contributed by atoms with Crippen LogP contribution in [0, 0.1) is 0 Å². The molecule has 0 radical (unpaired) electrons. The molecule has 0 aliphatic rings. The lowest BCUT2D eigenvalue weighted by Gasteiger charge is -2.13. The van der Waals surface area contributed by atoms with E-state index in [1.807, 2.05) is 36.4 Å². The molecule has 0 atom stereocenters. The van der Waals surface area contributed by atoms with Crippen molar-refractivity contribution >= 4 is 21.5 Å². The van der Waals surface area contributed by atoms with Crippen LogP contribution in [0.25, 0.3) is 44.2 Å². The van der Waals surface area contributed by atoms with Crippen molar-refractivity contribution in [1.82, 2.24) is 9.97 Å². The molecular formula is C25H18N2O2. The van der Waals surface area contributed by atoms with Crippen LogP contribution >= 0.6 is 0 Å². The number of ether oxygens (including phenoxy) is 1. The van der Waals surface area contributed by atoms with E-state index < -0.39 is 0 Å². The summed E-state index contributed by atoms with van der Waals surface area (Å²) in [6, 6.07) is 27.6. The first-order valence-electron chi connectivity index (χ1n) is 9.37. The Morgan fingerprint density at radius 3 is 2.00 bits per heavy atom. The van der Waals surface area contributed by atoms with Crippen LogP contribution in [0.4, 0.5) is 0 Å². The Morgan fingerprint density at radius 1 is 0.724 bits per heavy atom. The highest BCUT2D eigenvalue weighted by Gasteiger charge is 2.16. The molecule has 5 aromatic rings. The van der Waals surface area contributed by atoms with E-state index in [9.17, 15) is 5.11 Å². The maximum atomic E-state index is 10.3. The summed E-state index contributed by atoms with van der Waals surface area (Å²) >= 11 is 0. The minimum Gasteiger partial charge on any atom is -0.507 e. The van der Waals surface area contributed by atoms with Crippen LogP contribution in [0.3, 0.4) is 0 Å². The van der Waals surface area contributed by atoms with Gasteiger partial charge in [-0.05, 0) is 39.7 Å². The first-order valence-corrected chi connectivity index (χ1v) is 9.37. The number of para-hydroxylation sites is 1. The van der Waals surface area contributed by atoms with Gasteiger partial charge in [-0.15, -0.1) is 0 Å². The summed E-state index contributed by atoms with van der Waals surface area (Å²) < 4.78 is 5.47. The summed E-state index contributed by atoms with van der Waals surface area (Å²) in [5, 5.41) is 14.8. The Labute approximate surface area is 168 Å². The minimum atomic E-state index is 0.134. The van der Waals surface area contributed by atoms with Gasteiger partial charge in [-0.3, -0.25) is 0 Å². The van der Waals surface area contributed by atoms with Crippen molar-refractivity contribution in [3.63, 3.8) is 0 Å². The average Bonchev–Trinajstić information content (AvgIpc) is 2.77. The zero-order valence-corrected chi connectivity index (χ0v) is 15.8. The van der Waals surface area contributed by atoms with Crippen LogP contribution in [-0.2, 0) is 0 Å². The van der Waals surface area contributed by atoms with Crippen LogP contribution in [0.1, 0.15) is 0 Å². The van der Waals surface area contributed by atoms with Crippen LogP contribution in [0.2, 0.25) is 0 Å². The Hall–Kier alpha value is -3.92. The van der Waals surface area contributed by atoms with Crippen LogP contribution in [0.15, 0.2) is 84.9 Å². The summed E-state index contributed by atoms with van der Waals surface area (Å²) in [4.78, 5) is 9.31. The van der Waals surface area contributed by atoms with Crippen molar-refractivity contribution < 1.29 is 9.84 Å². The highest BCUT2D eigenvalue weighted by Crippen LogP contribution is 2.37. The van der Waals surface area contributed by atoms with Crippen molar-refractivity contribution in [2.24, 2.45) is 0 Å². The van der Waals surface area contributed by atoms with E-state index in [4.69, 9.17) is 9.72 Å². The molecule has 0 spiro atoms. The lowest BCUT2D eigenvalue weighted by molar-refractivity contribution is 0.397. The molecule has 5 rings (SSSR count). The van der Waals surface area contributed by atoms with Gasteiger partial charge in [-0.2, -0.15) is 4.98 Å². The van der Waals surface area contributed by atoms with Crippen molar-refractivity contribution in [3.05, 3.63) is 84.9 Å². The Morgan fingerprint density at radius 2 is 1.34 bits per heavy atom. The summed E-state index contributed by atoms with van der Waals surface area (Å²) in [6.45, 7) is 0. The van der Waals surface area contributed by atoms with Gasteiger partial charge in [0.05, 0.1) is 18.4 Å². The van der Waals surface area contributed by atoms with Crippen LogP contribution in [0.5, 0.6) is 11.6 Å². The number of aromatic hydroxyl groups is 1. The summed E-state index contributed by atoms with van der Waals surface area (Å²) in [5.74, 6) is 1.01. The highest BCUT2D eigenvalue weighted by atomic mass is 16.5. The quantitative estimate of drug-likeness (QED) is 0.401. The molecule has 140 valence electrons. The molecule has 1 N–H and O–H groups in total. The number of benzene rings is 4. The van der Waals surface area contributed by atoms with E-state index in [-0.39, 0.29) is 5.75 Å². The first kappa shape index (κ1) is 17.2. The number of fused-ring (bicyclic) bond motifs is 2. The SMILES string of the molecule is COc1cc(-c2c3ccccc3cc3ccccc23)nc(-c2ccccc2O)n1. The van der Waals surface area contributed by atoms with E-state index in [1.165, 1.54) is 0 Å². The van der Waals surface area contributed by atoms with Gasteiger partial charge in [-0.25, -0.2) is 4.98 Å². The number of aromatic nitrogens is 2. The van der Waals surface area contributed by atoms with E-state index >= 15 is 0 Å². The van der Waals surface area contributed by atoms with Crippen molar-refractivity contribution in [2.75, 3.05) is 7.11 Å². The second-order valence-electron chi connectivity index (χ2n) is 6.83. The lowest BCUT2D eigenvalue weighted by Crippen LogP contribution is -1.97. The number of methoxy groups -OCH3 is 1. The summed E-state index contributed by atoms with van der Waals surface area (Å²) in [6.07, 6.45) is 0. The van der Waals surface area contributed by atoms with Gasteiger partial charge in [0.15, 0.2) is 5.82 Å². The van der Waals surface area contributed by atoms with Gasteiger partial charge in [0.1, 0.15) is 5.75 Å². The first-order chi connectivity index (χ1) is 14.2. The Bertz CT molecular complexity index is 1310. The number of hydrogen-bond acceptors (Lipinski definition) is 4. The molecule has 0 saturated carbocycles. The molecule has 0 amide bonds. The zero-order chi connectivity index (χ0) is 19.8. The largest absolute Gasteiger partial charge is 0.507 e. The molecule has 0 unspecified atom stereocenters. The Balaban J connectivity index is 1.87. The second-order valence-corrected chi connectivity index (χ2v) is 6.83. The normalized spacial score (nSPS) is 11.1. The molecule has 1 aromatic heterocycles. The monoisotopic (exact) mass is 378 g/mol. The average molecular weight is 378 g/mol. The smallest absolute Gasteiger partial charge is 0.217 e. The molecule has 0 fully saturated rings. The molecule has 0 bridgehead atoms. The van der Waals surface area contributed by atoms with Gasteiger partial charge in [0.2, 0.25) is 5.88 Å². The third kappa shape index (κ3) is 2.95. The molecule has 0 saturated heterocycles. The third-order valence-electron chi connectivity index (χ3n) is 5.08.